The Labute approximate surface area is 193 Å². The standard InChI is InChI=1S/C26H28N2O5/c1-5-10-21(23(29)28-22(24(30)31)26(2,3)4)27-25(32)33-15-20-18-13-8-6-11-16(18)17-12-7-9-14-19(17)20/h1,6-9,11-14,20-22H,10,15H2,2-4H3,(H,27,32)(H,28,29)(H,30,31)/t21?,22-/m0/s1. The Bertz CT molecular complexity index is 1050. The summed E-state index contributed by atoms with van der Waals surface area (Å²) in [5.74, 6) is 0.368. The molecule has 7 nitrogen and oxygen atoms in total. The van der Waals surface area contributed by atoms with Gasteiger partial charge in [0.05, 0.1) is 0 Å². The Hall–Kier alpha value is -3.79. The van der Waals surface area contributed by atoms with Gasteiger partial charge < -0.3 is 20.5 Å². The van der Waals surface area contributed by atoms with Gasteiger partial charge in [0.15, 0.2) is 0 Å². The van der Waals surface area contributed by atoms with Crippen LogP contribution in [0.5, 0.6) is 0 Å². The number of carbonyl (C=O) groups is 3. The molecular weight excluding hydrogens is 420 g/mol. The fraction of sp³-hybridized carbons (Fsp3) is 0.346. The topological polar surface area (TPSA) is 105 Å². The van der Waals surface area contributed by atoms with E-state index >= 15 is 0 Å². The summed E-state index contributed by atoms with van der Waals surface area (Å²) in [5, 5.41) is 14.4. The number of benzene rings is 2. The minimum absolute atomic E-state index is 0.0873. The van der Waals surface area contributed by atoms with Crippen LogP contribution in [0.3, 0.4) is 0 Å². The lowest BCUT2D eigenvalue weighted by Crippen LogP contribution is -2.55. The molecule has 0 aliphatic heterocycles. The first kappa shape index (κ1) is 23.9. The highest BCUT2D eigenvalue weighted by molar-refractivity contribution is 5.89. The van der Waals surface area contributed by atoms with E-state index in [0.717, 1.165) is 22.3 Å². The molecule has 1 aliphatic carbocycles. The van der Waals surface area contributed by atoms with Crippen LogP contribution in [-0.4, -0.2) is 41.8 Å². The summed E-state index contributed by atoms with van der Waals surface area (Å²) in [5.41, 5.74) is 3.62. The molecule has 172 valence electrons. The zero-order chi connectivity index (χ0) is 24.2. The number of carboxylic acids is 1. The SMILES string of the molecule is C#CCC(NC(=O)OCC1c2ccccc2-c2ccccc21)C(=O)N[C@@H](C(=O)O)C(C)(C)C. The van der Waals surface area contributed by atoms with Gasteiger partial charge in [0.25, 0.3) is 0 Å². The van der Waals surface area contributed by atoms with Gasteiger partial charge in [-0.1, -0.05) is 69.3 Å². The van der Waals surface area contributed by atoms with Crippen LogP contribution in [0, 0.1) is 17.8 Å². The van der Waals surface area contributed by atoms with Gasteiger partial charge in [-0.3, -0.25) is 4.79 Å². The van der Waals surface area contributed by atoms with Gasteiger partial charge in [0, 0.05) is 12.3 Å². The molecule has 1 unspecified atom stereocenters. The maximum Gasteiger partial charge on any atom is 0.407 e. The average Bonchev–Trinajstić information content (AvgIpc) is 3.08. The van der Waals surface area contributed by atoms with Crippen LogP contribution in [-0.2, 0) is 14.3 Å². The molecule has 0 fully saturated rings. The smallest absolute Gasteiger partial charge is 0.407 e. The van der Waals surface area contributed by atoms with Gasteiger partial charge in [-0.05, 0) is 27.7 Å². The third-order valence-corrected chi connectivity index (χ3v) is 5.67. The van der Waals surface area contributed by atoms with Crippen molar-refractivity contribution in [2.75, 3.05) is 6.61 Å². The molecule has 0 radical (unpaired) electrons. The van der Waals surface area contributed by atoms with E-state index in [1.54, 1.807) is 20.8 Å². The van der Waals surface area contributed by atoms with Crippen molar-refractivity contribution in [1.82, 2.24) is 10.6 Å². The molecule has 0 bridgehead atoms. The van der Waals surface area contributed by atoms with E-state index in [2.05, 4.69) is 16.6 Å². The monoisotopic (exact) mass is 448 g/mol. The predicted octanol–water partition coefficient (Wildman–Crippen LogP) is 3.53. The molecule has 7 heteroatoms. The summed E-state index contributed by atoms with van der Waals surface area (Å²) >= 11 is 0. The zero-order valence-corrected chi connectivity index (χ0v) is 18.9. The summed E-state index contributed by atoms with van der Waals surface area (Å²) in [7, 11) is 0. The lowest BCUT2D eigenvalue weighted by molar-refractivity contribution is -0.145. The Morgan fingerprint density at radius 2 is 1.58 bits per heavy atom. The van der Waals surface area contributed by atoms with Gasteiger partial charge in [-0.15, -0.1) is 12.3 Å². The first-order valence-corrected chi connectivity index (χ1v) is 10.7. The number of carbonyl (C=O) groups excluding carboxylic acids is 2. The third-order valence-electron chi connectivity index (χ3n) is 5.67. The molecule has 3 N–H and O–H groups in total. The van der Waals surface area contributed by atoms with Crippen LogP contribution in [0.1, 0.15) is 44.2 Å². The van der Waals surface area contributed by atoms with Gasteiger partial charge in [0.1, 0.15) is 18.7 Å². The van der Waals surface area contributed by atoms with E-state index in [1.165, 1.54) is 0 Å². The minimum atomic E-state index is -1.17. The second kappa shape index (κ2) is 9.78. The number of alkyl carbamates (subject to hydrolysis) is 1. The van der Waals surface area contributed by atoms with E-state index in [-0.39, 0.29) is 18.9 Å². The molecule has 2 aromatic rings. The van der Waals surface area contributed by atoms with Gasteiger partial charge in [-0.2, -0.15) is 0 Å². The van der Waals surface area contributed by atoms with E-state index in [0.29, 0.717) is 0 Å². The first-order valence-electron chi connectivity index (χ1n) is 10.7. The number of nitrogens with one attached hydrogen (secondary N) is 2. The van der Waals surface area contributed by atoms with Crippen molar-refractivity contribution >= 4 is 18.0 Å². The van der Waals surface area contributed by atoms with Crippen LogP contribution < -0.4 is 10.6 Å². The second-order valence-electron chi connectivity index (χ2n) is 9.08. The minimum Gasteiger partial charge on any atom is -0.480 e. The van der Waals surface area contributed by atoms with Crippen molar-refractivity contribution < 1.29 is 24.2 Å². The van der Waals surface area contributed by atoms with Crippen molar-refractivity contribution in [2.45, 2.75) is 45.2 Å². The number of amides is 2. The van der Waals surface area contributed by atoms with Crippen LogP contribution >= 0.6 is 0 Å². The van der Waals surface area contributed by atoms with Crippen LogP contribution in [0.4, 0.5) is 4.79 Å². The molecule has 3 rings (SSSR count). The summed E-state index contributed by atoms with van der Waals surface area (Å²) in [4.78, 5) is 36.8. The first-order chi connectivity index (χ1) is 15.6. The van der Waals surface area contributed by atoms with E-state index < -0.39 is 35.5 Å². The lowest BCUT2D eigenvalue weighted by atomic mass is 9.86. The molecule has 2 atom stereocenters. The summed E-state index contributed by atoms with van der Waals surface area (Å²) in [6.45, 7) is 5.17. The molecule has 0 aromatic heterocycles. The van der Waals surface area contributed by atoms with Crippen LogP contribution in [0.25, 0.3) is 11.1 Å². The van der Waals surface area contributed by atoms with E-state index in [4.69, 9.17) is 11.2 Å². The van der Waals surface area contributed by atoms with E-state index in [1.807, 2.05) is 48.5 Å². The second-order valence-corrected chi connectivity index (χ2v) is 9.08. The summed E-state index contributed by atoms with van der Waals surface area (Å²) in [6, 6.07) is 13.7. The number of carboxylic acid groups (broad SMARTS) is 1. The van der Waals surface area contributed by atoms with Crippen molar-refractivity contribution in [1.29, 1.82) is 0 Å². The number of aliphatic carboxylic acids is 1. The number of hydrogen-bond donors (Lipinski definition) is 3. The van der Waals surface area contributed by atoms with Crippen molar-refractivity contribution in [3.8, 4) is 23.5 Å². The molecule has 2 aromatic carbocycles. The third kappa shape index (κ3) is 5.35. The largest absolute Gasteiger partial charge is 0.480 e. The van der Waals surface area contributed by atoms with Crippen LogP contribution in [0.15, 0.2) is 48.5 Å². The molecule has 0 saturated carbocycles. The highest BCUT2D eigenvalue weighted by Gasteiger charge is 2.35. The van der Waals surface area contributed by atoms with Crippen molar-refractivity contribution in [3.63, 3.8) is 0 Å². The van der Waals surface area contributed by atoms with Gasteiger partial charge in [-0.25, -0.2) is 9.59 Å². The number of hydrogen-bond acceptors (Lipinski definition) is 4. The highest BCUT2D eigenvalue weighted by Crippen LogP contribution is 2.44. The number of terminal acetylenes is 1. The molecule has 2 amide bonds. The highest BCUT2D eigenvalue weighted by atomic mass is 16.5. The van der Waals surface area contributed by atoms with E-state index in [9.17, 15) is 19.5 Å². The summed E-state index contributed by atoms with van der Waals surface area (Å²) < 4.78 is 5.47. The number of fused-ring (bicyclic) bond motifs is 3. The average molecular weight is 449 g/mol. The van der Waals surface area contributed by atoms with Gasteiger partial charge in [0.2, 0.25) is 5.91 Å². The lowest BCUT2D eigenvalue weighted by Gasteiger charge is -2.29. The number of rotatable bonds is 7. The molecule has 0 spiro atoms. The van der Waals surface area contributed by atoms with Crippen molar-refractivity contribution in [2.24, 2.45) is 5.41 Å². The molecule has 33 heavy (non-hydrogen) atoms. The predicted molar refractivity (Wildman–Crippen MR) is 124 cm³/mol. The van der Waals surface area contributed by atoms with Crippen molar-refractivity contribution in [3.05, 3.63) is 59.7 Å². The quantitative estimate of drug-likeness (QED) is 0.562. The van der Waals surface area contributed by atoms with Gasteiger partial charge >= 0.3 is 12.1 Å². The molecule has 1 aliphatic rings. The normalized spacial score (nSPS) is 14.2. The fourth-order valence-corrected chi connectivity index (χ4v) is 4.00. The Kier molecular flexibility index (Phi) is 7.07. The number of ether oxygens (including phenoxy) is 1. The summed E-state index contributed by atoms with van der Waals surface area (Å²) in [6.07, 6.45) is 4.46. The molecule has 0 saturated heterocycles. The Morgan fingerprint density at radius 3 is 2.06 bits per heavy atom. The fourth-order valence-electron chi connectivity index (χ4n) is 4.00. The maximum atomic E-state index is 12.7. The maximum absolute atomic E-state index is 12.7. The molecule has 0 heterocycles. The van der Waals surface area contributed by atoms with Crippen LogP contribution in [0.2, 0.25) is 0 Å². The zero-order valence-electron chi connectivity index (χ0n) is 18.9. The molecular formula is C26H28N2O5. The Morgan fingerprint density at radius 1 is 1.03 bits per heavy atom. The Balaban J connectivity index is 1.67.